The molecule has 0 bridgehead atoms. The van der Waals surface area contributed by atoms with Crippen LogP contribution in [0.3, 0.4) is 0 Å². The Labute approximate surface area is 164 Å². The minimum absolute atomic E-state index is 0.0569. The zero-order valence-corrected chi connectivity index (χ0v) is 16.3. The lowest BCUT2D eigenvalue weighted by Crippen LogP contribution is -2.37. The largest absolute Gasteiger partial charge is 0.451 e. The zero-order chi connectivity index (χ0) is 19.3. The first-order chi connectivity index (χ1) is 13.6. The number of furan rings is 1. The third-order valence-corrected chi connectivity index (χ3v) is 5.90. The molecule has 0 spiro atoms. The molecular formula is C22H24N4O2. The Morgan fingerprint density at radius 3 is 3.04 bits per heavy atom. The molecule has 2 aliphatic heterocycles. The summed E-state index contributed by atoms with van der Waals surface area (Å²) in [6.07, 6.45) is 4.91. The number of hydrogen-bond acceptors (Lipinski definition) is 5. The molecule has 1 fully saturated rings. The Kier molecular flexibility index (Phi) is 4.16. The lowest BCUT2D eigenvalue weighted by Gasteiger charge is -2.28. The first-order valence-corrected chi connectivity index (χ1v) is 9.97. The van der Waals surface area contributed by atoms with E-state index in [1.807, 2.05) is 37.1 Å². The molecule has 1 saturated heterocycles. The van der Waals surface area contributed by atoms with Crippen LogP contribution in [0.2, 0.25) is 0 Å². The summed E-state index contributed by atoms with van der Waals surface area (Å²) in [5, 5.41) is 4.46. The van der Waals surface area contributed by atoms with Gasteiger partial charge < -0.3 is 14.6 Å². The minimum atomic E-state index is -0.0569. The first kappa shape index (κ1) is 17.4. The van der Waals surface area contributed by atoms with Crippen molar-refractivity contribution in [1.29, 1.82) is 0 Å². The lowest BCUT2D eigenvalue weighted by molar-refractivity contribution is 0.0702. The van der Waals surface area contributed by atoms with Crippen LogP contribution in [0.4, 0.5) is 0 Å². The third-order valence-electron chi connectivity index (χ3n) is 5.90. The van der Waals surface area contributed by atoms with E-state index >= 15 is 0 Å². The zero-order valence-electron chi connectivity index (χ0n) is 16.3. The van der Waals surface area contributed by atoms with Crippen LogP contribution in [0, 0.1) is 13.8 Å². The van der Waals surface area contributed by atoms with Gasteiger partial charge in [-0.1, -0.05) is 11.6 Å². The van der Waals surface area contributed by atoms with Gasteiger partial charge in [-0.15, -0.1) is 0 Å². The van der Waals surface area contributed by atoms with E-state index in [9.17, 15) is 4.79 Å². The summed E-state index contributed by atoms with van der Waals surface area (Å²) in [5.41, 5.74) is 4.94. The quantitative estimate of drug-likeness (QED) is 0.742. The molecule has 28 heavy (non-hydrogen) atoms. The highest BCUT2D eigenvalue weighted by Gasteiger charge is 2.28. The maximum atomic E-state index is 13.1. The number of hydrogen-bond donors (Lipinski definition) is 1. The molecule has 1 amide bonds. The molecule has 6 heteroatoms. The fourth-order valence-corrected chi connectivity index (χ4v) is 4.26. The molecule has 6 nitrogen and oxygen atoms in total. The van der Waals surface area contributed by atoms with Crippen LogP contribution in [0.1, 0.15) is 57.6 Å². The molecule has 1 atom stereocenters. The molecule has 144 valence electrons. The summed E-state index contributed by atoms with van der Waals surface area (Å²) in [6, 6.07) is 6.28. The van der Waals surface area contributed by atoms with Crippen molar-refractivity contribution in [2.24, 2.45) is 0 Å². The molecule has 0 saturated carbocycles. The number of fused-ring (bicyclic) bond motifs is 2. The summed E-state index contributed by atoms with van der Waals surface area (Å²) < 4.78 is 5.91. The molecular weight excluding hydrogens is 352 g/mol. The van der Waals surface area contributed by atoms with Crippen molar-refractivity contribution in [1.82, 2.24) is 20.2 Å². The summed E-state index contributed by atoms with van der Waals surface area (Å²) in [6.45, 7) is 6.21. The average Bonchev–Trinajstić information content (AvgIpc) is 3.36. The van der Waals surface area contributed by atoms with Crippen LogP contribution < -0.4 is 5.32 Å². The van der Waals surface area contributed by atoms with Gasteiger partial charge >= 0.3 is 0 Å². The van der Waals surface area contributed by atoms with E-state index in [0.717, 1.165) is 58.6 Å². The predicted molar refractivity (Wildman–Crippen MR) is 106 cm³/mol. The van der Waals surface area contributed by atoms with Gasteiger partial charge in [-0.05, 0) is 45.4 Å². The molecule has 2 aromatic heterocycles. The molecule has 2 aliphatic rings. The van der Waals surface area contributed by atoms with Crippen molar-refractivity contribution in [2.45, 2.75) is 45.7 Å². The highest BCUT2D eigenvalue weighted by atomic mass is 16.3. The maximum absolute atomic E-state index is 13.1. The smallest absolute Gasteiger partial charge is 0.290 e. The minimum Gasteiger partial charge on any atom is -0.451 e. The van der Waals surface area contributed by atoms with Crippen molar-refractivity contribution >= 4 is 16.9 Å². The Hall–Kier alpha value is -2.73. The summed E-state index contributed by atoms with van der Waals surface area (Å²) in [4.78, 5) is 24.3. The van der Waals surface area contributed by atoms with Crippen LogP contribution in [0.5, 0.6) is 0 Å². The number of benzene rings is 1. The van der Waals surface area contributed by atoms with Gasteiger partial charge in [0.25, 0.3) is 5.91 Å². The van der Waals surface area contributed by atoms with Crippen LogP contribution in [0.15, 0.2) is 28.8 Å². The van der Waals surface area contributed by atoms with E-state index in [1.54, 1.807) is 0 Å². The molecule has 0 unspecified atom stereocenters. The van der Waals surface area contributed by atoms with Crippen molar-refractivity contribution in [3.8, 4) is 0 Å². The molecule has 5 rings (SSSR count). The van der Waals surface area contributed by atoms with Gasteiger partial charge in [0.05, 0.1) is 11.7 Å². The number of rotatable bonds is 2. The van der Waals surface area contributed by atoms with Gasteiger partial charge in [0.2, 0.25) is 0 Å². The van der Waals surface area contributed by atoms with Gasteiger partial charge in [0.15, 0.2) is 5.76 Å². The Bertz CT molecular complexity index is 1070. The lowest BCUT2D eigenvalue weighted by atomic mass is 10.1. The fraction of sp³-hybridized carbons (Fsp3) is 0.409. The van der Waals surface area contributed by atoms with Crippen molar-refractivity contribution < 1.29 is 9.21 Å². The second-order valence-electron chi connectivity index (χ2n) is 7.88. The van der Waals surface area contributed by atoms with Gasteiger partial charge in [-0.3, -0.25) is 4.79 Å². The normalized spacial score (nSPS) is 19.2. The summed E-state index contributed by atoms with van der Waals surface area (Å²) in [5.74, 6) is 1.27. The number of aromatic nitrogens is 2. The maximum Gasteiger partial charge on any atom is 0.290 e. The Morgan fingerprint density at radius 1 is 1.32 bits per heavy atom. The second-order valence-corrected chi connectivity index (χ2v) is 7.88. The number of aryl methyl sites for hydroxylation is 2. The van der Waals surface area contributed by atoms with Crippen molar-refractivity contribution in [3.05, 3.63) is 58.4 Å². The highest BCUT2D eigenvalue weighted by molar-refractivity contribution is 5.99. The SMILES string of the molecule is Cc1ccc2oc(C(=O)N3CCc4nc([C@H]5CCCN5)ncc4C3)c(C)c2c1. The van der Waals surface area contributed by atoms with E-state index < -0.39 is 0 Å². The van der Waals surface area contributed by atoms with Gasteiger partial charge in [-0.2, -0.15) is 0 Å². The van der Waals surface area contributed by atoms with E-state index in [1.165, 1.54) is 6.42 Å². The Balaban J connectivity index is 1.40. The molecule has 0 aliphatic carbocycles. The van der Waals surface area contributed by atoms with Crippen LogP contribution in [-0.2, 0) is 13.0 Å². The third kappa shape index (κ3) is 2.88. The molecule has 3 aromatic rings. The van der Waals surface area contributed by atoms with Crippen LogP contribution >= 0.6 is 0 Å². The number of amides is 1. The van der Waals surface area contributed by atoms with Crippen molar-refractivity contribution in [2.75, 3.05) is 13.1 Å². The number of carbonyl (C=O) groups is 1. The van der Waals surface area contributed by atoms with Crippen LogP contribution in [0.25, 0.3) is 11.0 Å². The fourth-order valence-electron chi connectivity index (χ4n) is 4.26. The van der Waals surface area contributed by atoms with E-state index in [-0.39, 0.29) is 11.9 Å². The average molecular weight is 376 g/mol. The summed E-state index contributed by atoms with van der Waals surface area (Å²) in [7, 11) is 0. The van der Waals surface area contributed by atoms with E-state index in [0.29, 0.717) is 18.8 Å². The van der Waals surface area contributed by atoms with Crippen LogP contribution in [-0.4, -0.2) is 33.9 Å². The Morgan fingerprint density at radius 2 is 2.21 bits per heavy atom. The topological polar surface area (TPSA) is 71.3 Å². The highest BCUT2D eigenvalue weighted by Crippen LogP contribution is 2.29. The number of carbonyl (C=O) groups excluding carboxylic acids is 1. The molecule has 1 N–H and O–H groups in total. The van der Waals surface area contributed by atoms with Gasteiger partial charge in [0, 0.05) is 42.2 Å². The molecule has 0 radical (unpaired) electrons. The van der Waals surface area contributed by atoms with E-state index in [2.05, 4.69) is 16.4 Å². The van der Waals surface area contributed by atoms with Crippen molar-refractivity contribution in [3.63, 3.8) is 0 Å². The predicted octanol–water partition coefficient (Wildman–Crippen LogP) is 3.46. The molecule has 4 heterocycles. The molecule has 1 aromatic carbocycles. The first-order valence-electron chi connectivity index (χ1n) is 9.97. The number of nitrogens with one attached hydrogen (secondary N) is 1. The standard InChI is InChI=1S/C22H24N4O2/c1-13-5-6-19-16(10-13)14(2)20(28-19)22(27)26-9-7-17-15(12-26)11-24-21(25-17)18-4-3-8-23-18/h5-6,10-11,18,23H,3-4,7-9,12H2,1-2H3/t18-/m1/s1. The summed E-state index contributed by atoms with van der Waals surface area (Å²) >= 11 is 0. The number of nitrogens with zero attached hydrogens (tertiary/aromatic N) is 3. The van der Waals surface area contributed by atoms with Gasteiger partial charge in [-0.25, -0.2) is 9.97 Å². The van der Waals surface area contributed by atoms with Gasteiger partial charge in [0.1, 0.15) is 11.4 Å². The van der Waals surface area contributed by atoms with E-state index in [4.69, 9.17) is 9.40 Å². The second kappa shape index (κ2) is 6.71. The monoisotopic (exact) mass is 376 g/mol.